The van der Waals surface area contributed by atoms with Gasteiger partial charge in [-0.1, -0.05) is 18.2 Å². The van der Waals surface area contributed by atoms with E-state index >= 15 is 0 Å². The van der Waals surface area contributed by atoms with Crippen LogP contribution < -0.4 is 11.1 Å². The summed E-state index contributed by atoms with van der Waals surface area (Å²) in [6, 6.07) is 7.90. The van der Waals surface area contributed by atoms with Gasteiger partial charge in [0, 0.05) is 5.39 Å². The Hall–Kier alpha value is -2.14. The molecule has 1 aromatic carbocycles. The highest BCUT2D eigenvalue weighted by Crippen LogP contribution is 2.25. The highest BCUT2D eigenvalue weighted by Gasteiger charge is 2.10. The van der Waals surface area contributed by atoms with Crippen molar-refractivity contribution in [1.29, 1.82) is 0 Å². The van der Waals surface area contributed by atoms with Gasteiger partial charge >= 0.3 is 0 Å². The van der Waals surface area contributed by atoms with Gasteiger partial charge in [-0.3, -0.25) is 0 Å². The number of nitrogen functional groups attached to an aromatic ring is 1. The van der Waals surface area contributed by atoms with E-state index < -0.39 is 0 Å². The SMILES string of the molecule is CNCc1nc2c(N)nc3ccccc3c2[nH]1. The monoisotopic (exact) mass is 227 g/mol. The zero-order valence-electron chi connectivity index (χ0n) is 9.49. The van der Waals surface area contributed by atoms with Crippen molar-refractivity contribution < 1.29 is 0 Å². The summed E-state index contributed by atoms with van der Waals surface area (Å²) < 4.78 is 0. The lowest BCUT2D eigenvalue weighted by Crippen LogP contribution is -2.06. The van der Waals surface area contributed by atoms with Gasteiger partial charge in [0.25, 0.3) is 0 Å². The maximum atomic E-state index is 5.92. The van der Waals surface area contributed by atoms with Crippen LogP contribution in [0.2, 0.25) is 0 Å². The fourth-order valence-corrected chi connectivity index (χ4v) is 2.02. The van der Waals surface area contributed by atoms with Crippen LogP contribution in [0.25, 0.3) is 21.9 Å². The van der Waals surface area contributed by atoms with Gasteiger partial charge in [-0.15, -0.1) is 0 Å². The number of fused-ring (bicyclic) bond motifs is 3. The molecule has 3 rings (SSSR count). The molecule has 86 valence electrons. The van der Waals surface area contributed by atoms with Crippen molar-refractivity contribution >= 4 is 27.8 Å². The van der Waals surface area contributed by atoms with Crippen LogP contribution in [0, 0.1) is 0 Å². The molecule has 0 saturated carbocycles. The molecule has 2 heterocycles. The van der Waals surface area contributed by atoms with E-state index in [0.717, 1.165) is 27.8 Å². The smallest absolute Gasteiger partial charge is 0.152 e. The summed E-state index contributed by atoms with van der Waals surface area (Å²) in [7, 11) is 1.88. The minimum atomic E-state index is 0.470. The number of para-hydroxylation sites is 1. The quantitative estimate of drug-likeness (QED) is 0.618. The summed E-state index contributed by atoms with van der Waals surface area (Å²) >= 11 is 0. The molecule has 0 aliphatic heterocycles. The average molecular weight is 227 g/mol. The zero-order chi connectivity index (χ0) is 11.8. The standard InChI is InChI=1S/C12H13N5/c1-14-6-9-16-10-7-4-2-3-5-8(7)15-12(13)11(10)17-9/h2-5,14H,6H2,1H3,(H2,13,15)(H,16,17). The maximum absolute atomic E-state index is 5.92. The minimum absolute atomic E-state index is 0.470. The number of imidazole rings is 1. The Kier molecular flexibility index (Phi) is 2.19. The number of nitrogens with one attached hydrogen (secondary N) is 2. The van der Waals surface area contributed by atoms with Gasteiger partial charge < -0.3 is 16.0 Å². The fraction of sp³-hybridized carbons (Fsp3) is 0.167. The topological polar surface area (TPSA) is 79.6 Å². The number of aromatic nitrogens is 3. The van der Waals surface area contributed by atoms with Crippen molar-refractivity contribution in [3.8, 4) is 0 Å². The number of hydrogen-bond donors (Lipinski definition) is 3. The van der Waals surface area contributed by atoms with Gasteiger partial charge in [0.2, 0.25) is 0 Å². The number of pyridine rings is 1. The van der Waals surface area contributed by atoms with Crippen LogP contribution in [-0.4, -0.2) is 22.0 Å². The van der Waals surface area contributed by atoms with Crippen LogP contribution >= 0.6 is 0 Å². The third-order valence-electron chi connectivity index (χ3n) is 2.75. The Bertz CT molecular complexity index is 686. The molecule has 0 bridgehead atoms. The summed E-state index contributed by atoms with van der Waals surface area (Å²) in [5.41, 5.74) is 8.51. The zero-order valence-corrected chi connectivity index (χ0v) is 9.49. The van der Waals surface area contributed by atoms with Crippen LogP contribution in [0.15, 0.2) is 24.3 Å². The molecule has 4 N–H and O–H groups in total. The maximum Gasteiger partial charge on any atom is 0.152 e. The molecule has 0 aliphatic rings. The van der Waals surface area contributed by atoms with Crippen LogP contribution in [0.5, 0.6) is 0 Å². The first-order valence-corrected chi connectivity index (χ1v) is 5.47. The van der Waals surface area contributed by atoms with E-state index in [9.17, 15) is 0 Å². The number of aromatic amines is 1. The van der Waals surface area contributed by atoms with Gasteiger partial charge in [0.05, 0.1) is 17.6 Å². The van der Waals surface area contributed by atoms with Gasteiger partial charge in [0.1, 0.15) is 11.3 Å². The molecule has 0 saturated heterocycles. The van der Waals surface area contributed by atoms with E-state index in [1.165, 1.54) is 0 Å². The van der Waals surface area contributed by atoms with Crippen LogP contribution in [0.4, 0.5) is 5.82 Å². The number of anilines is 1. The summed E-state index contributed by atoms with van der Waals surface area (Å²) in [5, 5.41) is 4.11. The lowest BCUT2D eigenvalue weighted by atomic mass is 10.2. The van der Waals surface area contributed by atoms with Crippen molar-refractivity contribution in [2.24, 2.45) is 0 Å². The Morgan fingerprint density at radius 3 is 2.94 bits per heavy atom. The van der Waals surface area contributed by atoms with Crippen molar-refractivity contribution in [2.75, 3.05) is 12.8 Å². The second-order valence-corrected chi connectivity index (χ2v) is 3.95. The van der Waals surface area contributed by atoms with E-state index in [-0.39, 0.29) is 0 Å². The molecule has 0 amide bonds. The molecule has 0 atom stereocenters. The predicted octanol–water partition coefficient (Wildman–Crippen LogP) is 1.41. The molecule has 3 aromatic rings. The summed E-state index contributed by atoms with van der Waals surface area (Å²) in [5.74, 6) is 1.34. The molecular weight excluding hydrogens is 214 g/mol. The number of nitrogens with zero attached hydrogens (tertiary/aromatic N) is 2. The number of nitrogens with two attached hydrogens (primary N) is 1. The fourth-order valence-electron chi connectivity index (χ4n) is 2.02. The lowest BCUT2D eigenvalue weighted by molar-refractivity contribution is 0.775. The number of H-pyrrole nitrogens is 1. The van der Waals surface area contributed by atoms with Crippen molar-refractivity contribution in [3.63, 3.8) is 0 Å². The first-order valence-electron chi connectivity index (χ1n) is 5.47. The van der Waals surface area contributed by atoms with E-state index in [2.05, 4.69) is 20.3 Å². The van der Waals surface area contributed by atoms with Crippen LogP contribution in [0.1, 0.15) is 5.82 Å². The van der Waals surface area contributed by atoms with Crippen molar-refractivity contribution in [3.05, 3.63) is 30.1 Å². The van der Waals surface area contributed by atoms with Gasteiger partial charge in [0.15, 0.2) is 5.82 Å². The Morgan fingerprint density at radius 2 is 2.12 bits per heavy atom. The Balaban J connectivity index is 2.39. The minimum Gasteiger partial charge on any atom is -0.382 e. The number of benzene rings is 1. The molecule has 0 fully saturated rings. The molecule has 0 aliphatic carbocycles. The third-order valence-corrected chi connectivity index (χ3v) is 2.75. The second kappa shape index (κ2) is 3.71. The normalized spacial score (nSPS) is 11.4. The molecule has 2 aromatic heterocycles. The van der Waals surface area contributed by atoms with Gasteiger partial charge in [-0.25, -0.2) is 9.97 Å². The number of rotatable bonds is 2. The Labute approximate surface area is 98.1 Å². The molecule has 5 heteroatoms. The van der Waals surface area contributed by atoms with E-state index in [1.54, 1.807) is 0 Å². The van der Waals surface area contributed by atoms with Crippen molar-refractivity contribution in [2.45, 2.75) is 6.54 Å². The van der Waals surface area contributed by atoms with E-state index in [1.807, 2.05) is 31.3 Å². The molecular formula is C12H13N5. The first kappa shape index (κ1) is 10.0. The summed E-state index contributed by atoms with van der Waals surface area (Å²) in [6.07, 6.45) is 0. The molecule has 0 unspecified atom stereocenters. The van der Waals surface area contributed by atoms with Crippen molar-refractivity contribution in [1.82, 2.24) is 20.3 Å². The van der Waals surface area contributed by atoms with Crippen LogP contribution in [-0.2, 0) is 6.54 Å². The third kappa shape index (κ3) is 1.52. The first-order chi connectivity index (χ1) is 8.29. The average Bonchev–Trinajstić information content (AvgIpc) is 2.74. The lowest BCUT2D eigenvalue weighted by Gasteiger charge is -1.99. The molecule has 17 heavy (non-hydrogen) atoms. The largest absolute Gasteiger partial charge is 0.382 e. The molecule has 5 nitrogen and oxygen atoms in total. The number of hydrogen-bond acceptors (Lipinski definition) is 4. The summed E-state index contributed by atoms with van der Waals surface area (Å²) in [6.45, 7) is 0.683. The molecule has 0 radical (unpaired) electrons. The highest BCUT2D eigenvalue weighted by molar-refractivity contribution is 6.05. The second-order valence-electron chi connectivity index (χ2n) is 3.95. The highest BCUT2D eigenvalue weighted by atomic mass is 15.0. The Morgan fingerprint density at radius 1 is 1.29 bits per heavy atom. The van der Waals surface area contributed by atoms with Gasteiger partial charge in [-0.05, 0) is 13.1 Å². The van der Waals surface area contributed by atoms with E-state index in [0.29, 0.717) is 12.4 Å². The van der Waals surface area contributed by atoms with Crippen LogP contribution in [0.3, 0.4) is 0 Å². The molecule has 0 spiro atoms. The van der Waals surface area contributed by atoms with Gasteiger partial charge in [-0.2, -0.15) is 0 Å². The van der Waals surface area contributed by atoms with E-state index in [4.69, 9.17) is 5.73 Å². The predicted molar refractivity (Wildman–Crippen MR) is 68.6 cm³/mol. The summed E-state index contributed by atoms with van der Waals surface area (Å²) in [4.78, 5) is 12.1.